The maximum absolute atomic E-state index is 11.4. The Kier molecular flexibility index (Phi) is 3.70. The van der Waals surface area contributed by atoms with Crippen LogP contribution in [0.5, 0.6) is 0 Å². The van der Waals surface area contributed by atoms with Crippen molar-refractivity contribution in [3.05, 3.63) is 0 Å². The minimum absolute atomic E-state index is 0.392. The average molecular weight is 254 g/mol. The molecule has 1 unspecified atom stereocenters. The van der Waals surface area contributed by atoms with Gasteiger partial charge in [-0.05, 0) is 44.6 Å². The second kappa shape index (κ2) is 4.82. The molecule has 4 heteroatoms. The second-order valence-electron chi connectivity index (χ2n) is 7.00. The molecule has 1 heterocycles. The van der Waals surface area contributed by atoms with Gasteiger partial charge >= 0.3 is 5.97 Å². The van der Waals surface area contributed by atoms with Gasteiger partial charge < -0.3 is 10.0 Å². The number of aliphatic carboxylic acids is 1. The lowest BCUT2D eigenvalue weighted by Crippen LogP contribution is -2.52. The first-order valence-corrected chi connectivity index (χ1v) is 7.04. The van der Waals surface area contributed by atoms with Crippen LogP contribution in [0.15, 0.2) is 0 Å². The molecule has 0 spiro atoms. The van der Waals surface area contributed by atoms with Gasteiger partial charge in [-0.1, -0.05) is 13.8 Å². The highest BCUT2D eigenvalue weighted by atomic mass is 16.4. The largest absolute Gasteiger partial charge is 0.480 e. The average Bonchev–Trinajstić information content (AvgIpc) is 2.99. The van der Waals surface area contributed by atoms with E-state index >= 15 is 0 Å². The summed E-state index contributed by atoms with van der Waals surface area (Å²) in [6, 6.07) is 0.432. The first-order valence-electron chi connectivity index (χ1n) is 7.04. The number of hydrogen-bond donors (Lipinski definition) is 2. The van der Waals surface area contributed by atoms with Crippen LogP contribution in [0, 0.1) is 5.41 Å². The minimum atomic E-state index is -0.756. The SMILES string of the molecule is CC1(C)CCN(CCC(C)(NC2CC2)C(=O)O)C1. The number of likely N-dealkylation sites (tertiary alicyclic amines) is 1. The number of carboxylic acids is 1. The molecule has 1 atom stereocenters. The van der Waals surface area contributed by atoms with E-state index in [9.17, 15) is 9.90 Å². The highest BCUT2D eigenvalue weighted by Gasteiger charge is 2.39. The summed E-state index contributed by atoms with van der Waals surface area (Å²) in [5, 5.41) is 12.7. The number of nitrogens with one attached hydrogen (secondary N) is 1. The molecule has 1 aliphatic carbocycles. The fourth-order valence-corrected chi connectivity index (χ4v) is 2.72. The first-order chi connectivity index (χ1) is 8.31. The Bertz CT molecular complexity index is 326. The summed E-state index contributed by atoms with van der Waals surface area (Å²) in [7, 11) is 0. The van der Waals surface area contributed by atoms with Crippen LogP contribution in [0.2, 0.25) is 0 Å². The molecule has 18 heavy (non-hydrogen) atoms. The van der Waals surface area contributed by atoms with Crippen LogP contribution in [-0.2, 0) is 4.79 Å². The normalized spacial score (nSPS) is 27.1. The van der Waals surface area contributed by atoms with E-state index in [0.717, 1.165) is 32.5 Å². The Hall–Kier alpha value is -0.610. The zero-order valence-electron chi connectivity index (χ0n) is 11.8. The van der Waals surface area contributed by atoms with Crippen molar-refractivity contribution in [3.63, 3.8) is 0 Å². The molecule has 0 aromatic heterocycles. The number of rotatable bonds is 6. The standard InChI is InChI=1S/C14H26N2O2/c1-13(2)6-8-16(10-13)9-7-14(3,12(17)18)15-11-4-5-11/h11,15H,4-10H2,1-3H3,(H,17,18). The van der Waals surface area contributed by atoms with Crippen LogP contribution >= 0.6 is 0 Å². The molecule has 0 bridgehead atoms. The van der Waals surface area contributed by atoms with Crippen molar-refractivity contribution in [2.45, 2.75) is 58.0 Å². The molecule has 0 aromatic carbocycles. The van der Waals surface area contributed by atoms with Gasteiger partial charge in [0.25, 0.3) is 0 Å². The van der Waals surface area contributed by atoms with Crippen molar-refractivity contribution in [2.24, 2.45) is 5.41 Å². The molecule has 1 aliphatic heterocycles. The van der Waals surface area contributed by atoms with Gasteiger partial charge in [-0.3, -0.25) is 10.1 Å². The van der Waals surface area contributed by atoms with E-state index < -0.39 is 11.5 Å². The summed E-state index contributed by atoms with van der Waals surface area (Å²) in [6.07, 6.45) is 4.15. The van der Waals surface area contributed by atoms with E-state index in [4.69, 9.17) is 0 Å². The topological polar surface area (TPSA) is 52.6 Å². The molecule has 1 saturated heterocycles. The van der Waals surface area contributed by atoms with Crippen LogP contribution in [0.1, 0.15) is 46.5 Å². The minimum Gasteiger partial charge on any atom is -0.480 e. The van der Waals surface area contributed by atoms with Gasteiger partial charge in [0.15, 0.2) is 0 Å². The summed E-state index contributed by atoms with van der Waals surface area (Å²) in [5.41, 5.74) is -0.364. The monoisotopic (exact) mass is 254 g/mol. The summed E-state index contributed by atoms with van der Waals surface area (Å²) >= 11 is 0. The Labute approximate surface area is 110 Å². The Morgan fingerprint density at radius 3 is 2.61 bits per heavy atom. The van der Waals surface area contributed by atoms with Gasteiger partial charge in [-0.25, -0.2) is 0 Å². The van der Waals surface area contributed by atoms with Crippen LogP contribution in [-0.4, -0.2) is 47.2 Å². The fourth-order valence-electron chi connectivity index (χ4n) is 2.72. The molecule has 104 valence electrons. The van der Waals surface area contributed by atoms with E-state index in [1.54, 1.807) is 0 Å². The zero-order valence-corrected chi connectivity index (χ0v) is 11.8. The number of nitrogens with zero attached hydrogens (tertiary/aromatic N) is 1. The Morgan fingerprint density at radius 2 is 2.17 bits per heavy atom. The quantitative estimate of drug-likeness (QED) is 0.757. The van der Waals surface area contributed by atoms with Crippen LogP contribution in [0.3, 0.4) is 0 Å². The second-order valence-corrected chi connectivity index (χ2v) is 7.00. The molecule has 2 rings (SSSR count). The Balaban J connectivity index is 1.84. The third kappa shape index (κ3) is 3.45. The summed E-state index contributed by atoms with van der Waals surface area (Å²) < 4.78 is 0. The molecule has 0 aromatic rings. The van der Waals surface area contributed by atoms with Crippen molar-refractivity contribution >= 4 is 5.97 Å². The lowest BCUT2D eigenvalue weighted by molar-refractivity contribution is -0.144. The molecule has 2 N–H and O–H groups in total. The summed E-state index contributed by atoms with van der Waals surface area (Å²) in [5.74, 6) is -0.715. The number of carboxylic acid groups (broad SMARTS) is 1. The lowest BCUT2D eigenvalue weighted by atomic mass is 9.93. The van der Waals surface area contributed by atoms with Crippen molar-refractivity contribution in [2.75, 3.05) is 19.6 Å². The van der Waals surface area contributed by atoms with E-state index in [2.05, 4.69) is 24.1 Å². The van der Waals surface area contributed by atoms with Crippen LogP contribution < -0.4 is 5.32 Å². The van der Waals surface area contributed by atoms with Gasteiger partial charge in [0, 0.05) is 19.1 Å². The van der Waals surface area contributed by atoms with Gasteiger partial charge in [0.1, 0.15) is 5.54 Å². The fraction of sp³-hybridized carbons (Fsp3) is 0.929. The first kappa shape index (κ1) is 13.8. The highest BCUT2D eigenvalue weighted by molar-refractivity contribution is 5.78. The van der Waals surface area contributed by atoms with Gasteiger partial charge in [-0.2, -0.15) is 0 Å². The molecule has 2 fully saturated rings. The maximum Gasteiger partial charge on any atom is 0.323 e. The predicted octanol–water partition coefficient (Wildman–Crippen LogP) is 1.70. The third-order valence-electron chi connectivity index (χ3n) is 4.26. The third-order valence-corrected chi connectivity index (χ3v) is 4.26. The Morgan fingerprint density at radius 1 is 1.50 bits per heavy atom. The molecular formula is C14H26N2O2. The molecule has 0 radical (unpaired) electrons. The summed E-state index contributed by atoms with van der Waals surface area (Å²) in [4.78, 5) is 13.8. The molecule has 1 saturated carbocycles. The molecule has 4 nitrogen and oxygen atoms in total. The summed E-state index contributed by atoms with van der Waals surface area (Å²) in [6.45, 7) is 9.47. The van der Waals surface area contributed by atoms with Crippen molar-refractivity contribution in [1.82, 2.24) is 10.2 Å². The van der Waals surface area contributed by atoms with E-state index in [1.165, 1.54) is 6.42 Å². The van der Waals surface area contributed by atoms with E-state index in [0.29, 0.717) is 17.9 Å². The molecular weight excluding hydrogens is 228 g/mol. The van der Waals surface area contributed by atoms with Gasteiger partial charge in [0.05, 0.1) is 0 Å². The van der Waals surface area contributed by atoms with E-state index in [1.807, 2.05) is 6.92 Å². The molecule has 2 aliphatic rings. The lowest BCUT2D eigenvalue weighted by Gasteiger charge is -2.29. The number of carbonyl (C=O) groups is 1. The van der Waals surface area contributed by atoms with Crippen molar-refractivity contribution < 1.29 is 9.90 Å². The molecule has 0 amide bonds. The smallest absolute Gasteiger partial charge is 0.323 e. The predicted molar refractivity (Wildman–Crippen MR) is 71.7 cm³/mol. The van der Waals surface area contributed by atoms with E-state index in [-0.39, 0.29) is 0 Å². The maximum atomic E-state index is 11.4. The van der Waals surface area contributed by atoms with Crippen LogP contribution in [0.4, 0.5) is 0 Å². The number of hydrogen-bond acceptors (Lipinski definition) is 3. The highest BCUT2D eigenvalue weighted by Crippen LogP contribution is 2.30. The zero-order chi connectivity index (χ0) is 13.4. The van der Waals surface area contributed by atoms with Crippen molar-refractivity contribution in [3.8, 4) is 0 Å². The van der Waals surface area contributed by atoms with Gasteiger partial charge in [0.2, 0.25) is 0 Å². The van der Waals surface area contributed by atoms with Gasteiger partial charge in [-0.15, -0.1) is 0 Å². The van der Waals surface area contributed by atoms with Crippen molar-refractivity contribution in [1.29, 1.82) is 0 Å². The van der Waals surface area contributed by atoms with Crippen LogP contribution in [0.25, 0.3) is 0 Å².